The van der Waals surface area contributed by atoms with Crippen molar-refractivity contribution in [2.45, 2.75) is 38.3 Å². The third-order valence-electron chi connectivity index (χ3n) is 3.73. The molecule has 0 unspecified atom stereocenters. The van der Waals surface area contributed by atoms with Crippen LogP contribution in [0.1, 0.15) is 26.2 Å². The molecule has 3 atom stereocenters. The van der Waals surface area contributed by atoms with Crippen LogP contribution in [0.4, 0.5) is 0 Å². The zero-order valence-corrected chi connectivity index (χ0v) is 13.5. The number of carbonyl (C=O) groups excluding carboxylic acids is 1. The molecule has 2 N–H and O–H groups in total. The second kappa shape index (κ2) is 7.20. The van der Waals surface area contributed by atoms with Crippen molar-refractivity contribution >= 4 is 35.1 Å². The predicted molar refractivity (Wildman–Crippen MR) is 83.5 cm³/mol. The maximum atomic E-state index is 12.2. The lowest BCUT2D eigenvalue weighted by Crippen LogP contribution is -2.45. The first-order chi connectivity index (χ1) is 10.4. The van der Waals surface area contributed by atoms with Crippen LogP contribution in [0, 0.1) is 5.92 Å². The van der Waals surface area contributed by atoms with Crippen LogP contribution >= 0.6 is 23.2 Å². The van der Waals surface area contributed by atoms with E-state index in [4.69, 9.17) is 33.0 Å². The number of benzene rings is 1. The summed E-state index contributed by atoms with van der Waals surface area (Å²) < 4.78 is 5.52. The Morgan fingerprint density at radius 2 is 2.09 bits per heavy atom. The summed E-state index contributed by atoms with van der Waals surface area (Å²) in [5, 5.41) is 12.7. The maximum Gasteiger partial charge on any atom is 0.308 e. The number of carboxylic acid groups (broad SMARTS) is 1. The number of halogens is 2. The van der Waals surface area contributed by atoms with Crippen molar-refractivity contribution < 1.29 is 19.4 Å². The van der Waals surface area contributed by atoms with E-state index in [2.05, 4.69) is 5.32 Å². The van der Waals surface area contributed by atoms with Crippen LogP contribution in [0.25, 0.3) is 0 Å². The number of amides is 1. The molecule has 1 aliphatic rings. The molecule has 1 aromatic carbocycles. The van der Waals surface area contributed by atoms with Crippen molar-refractivity contribution in [3.8, 4) is 5.75 Å². The zero-order valence-electron chi connectivity index (χ0n) is 12.0. The number of nitrogens with one attached hydrogen (secondary N) is 1. The number of carboxylic acids is 1. The van der Waals surface area contributed by atoms with E-state index in [-0.39, 0.29) is 11.9 Å². The van der Waals surface area contributed by atoms with Gasteiger partial charge in [-0.25, -0.2) is 0 Å². The first-order valence-electron chi connectivity index (χ1n) is 7.03. The smallest absolute Gasteiger partial charge is 0.308 e. The summed E-state index contributed by atoms with van der Waals surface area (Å²) in [7, 11) is 0. The number of rotatable bonds is 5. The third-order valence-corrected chi connectivity index (χ3v) is 4.26. The highest BCUT2D eigenvalue weighted by Gasteiger charge is 2.34. The van der Waals surface area contributed by atoms with Gasteiger partial charge in [0.2, 0.25) is 0 Å². The Kier molecular flexibility index (Phi) is 5.53. The summed E-state index contributed by atoms with van der Waals surface area (Å²) in [5.41, 5.74) is 0. The van der Waals surface area contributed by atoms with Crippen LogP contribution in [0.3, 0.4) is 0 Å². The van der Waals surface area contributed by atoms with Gasteiger partial charge in [0.05, 0.1) is 10.9 Å². The number of hydrogen-bond acceptors (Lipinski definition) is 3. The summed E-state index contributed by atoms with van der Waals surface area (Å²) >= 11 is 11.8. The molecule has 1 fully saturated rings. The van der Waals surface area contributed by atoms with Gasteiger partial charge in [-0.3, -0.25) is 9.59 Å². The lowest BCUT2D eigenvalue weighted by Gasteiger charge is -2.21. The van der Waals surface area contributed by atoms with Gasteiger partial charge in [0.1, 0.15) is 5.75 Å². The highest BCUT2D eigenvalue weighted by Crippen LogP contribution is 2.29. The normalized spacial score (nSPS) is 22.1. The number of aliphatic carboxylic acids is 1. The van der Waals surface area contributed by atoms with E-state index in [1.54, 1.807) is 19.1 Å². The quantitative estimate of drug-likeness (QED) is 0.859. The summed E-state index contributed by atoms with van der Waals surface area (Å²) in [6.45, 7) is 1.59. The molecule has 0 aromatic heterocycles. The average Bonchev–Trinajstić information content (AvgIpc) is 2.90. The van der Waals surface area contributed by atoms with Gasteiger partial charge >= 0.3 is 5.97 Å². The monoisotopic (exact) mass is 345 g/mol. The molecule has 0 heterocycles. The minimum atomic E-state index is -0.878. The lowest BCUT2D eigenvalue weighted by molar-refractivity contribution is -0.142. The molecule has 0 spiro atoms. The molecule has 120 valence electrons. The Hall–Kier alpha value is -1.46. The lowest BCUT2D eigenvalue weighted by atomic mass is 10.0. The Balaban J connectivity index is 1.96. The van der Waals surface area contributed by atoms with Crippen molar-refractivity contribution in [3.63, 3.8) is 0 Å². The fourth-order valence-corrected chi connectivity index (χ4v) is 3.00. The first-order valence-corrected chi connectivity index (χ1v) is 7.79. The summed E-state index contributed by atoms with van der Waals surface area (Å²) in [4.78, 5) is 23.3. The van der Waals surface area contributed by atoms with E-state index in [0.717, 1.165) is 6.42 Å². The van der Waals surface area contributed by atoms with Gasteiger partial charge in [-0.05, 0) is 38.0 Å². The fraction of sp³-hybridized carbons (Fsp3) is 0.467. The highest BCUT2D eigenvalue weighted by atomic mass is 35.5. The van der Waals surface area contributed by atoms with Gasteiger partial charge in [-0.15, -0.1) is 0 Å². The third kappa shape index (κ3) is 4.05. The van der Waals surface area contributed by atoms with Crippen molar-refractivity contribution in [1.82, 2.24) is 5.32 Å². The van der Waals surface area contributed by atoms with Gasteiger partial charge in [-0.1, -0.05) is 29.6 Å². The fourth-order valence-electron chi connectivity index (χ4n) is 2.54. The SMILES string of the molecule is C[C@H](Oc1ccc(Cl)cc1Cl)C(=O)N[C@@H]1CCC[C@@H]1C(=O)O. The van der Waals surface area contributed by atoms with Crippen LogP contribution < -0.4 is 10.1 Å². The maximum absolute atomic E-state index is 12.2. The molecule has 1 saturated carbocycles. The molecule has 5 nitrogen and oxygen atoms in total. The van der Waals surface area contributed by atoms with E-state index in [0.29, 0.717) is 28.6 Å². The van der Waals surface area contributed by atoms with Gasteiger partial charge in [0.25, 0.3) is 5.91 Å². The molecule has 2 rings (SSSR count). The summed E-state index contributed by atoms with van der Waals surface area (Å²) in [6, 6.07) is 4.38. The molecular weight excluding hydrogens is 329 g/mol. The van der Waals surface area contributed by atoms with Crippen molar-refractivity contribution in [2.75, 3.05) is 0 Å². The largest absolute Gasteiger partial charge is 0.481 e. The number of hydrogen-bond donors (Lipinski definition) is 2. The Bertz CT molecular complexity index is 579. The standard InChI is InChI=1S/C15H17Cl2NO4/c1-8(22-13-6-5-9(16)7-11(13)17)14(19)18-12-4-2-3-10(12)15(20)21/h5-8,10,12H,2-4H2,1H3,(H,18,19)(H,20,21)/t8-,10-,12+/m0/s1. The molecule has 1 amide bonds. The minimum Gasteiger partial charge on any atom is -0.481 e. The molecule has 0 radical (unpaired) electrons. The van der Waals surface area contributed by atoms with Crippen LogP contribution in [0.15, 0.2) is 18.2 Å². The van der Waals surface area contributed by atoms with E-state index < -0.39 is 18.0 Å². The molecule has 0 saturated heterocycles. The topological polar surface area (TPSA) is 75.6 Å². The van der Waals surface area contributed by atoms with Gasteiger partial charge in [-0.2, -0.15) is 0 Å². The van der Waals surface area contributed by atoms with Gasteiger partial charge < -0.3 is 15.2 Å². The molecule has 1 aliphatic carbocycles. The number of ether oxygens (including phenoxy) is 1. The van der Waals surface area contributed by atoms with Crippen LogP contribution in [0.5, 0.6) is 5.75 Å². The van der Waals surface area contributed by atoms with E-state index in [1.165, 1.54) is 6.07 Å². The second-order valence-corrected chi connectivity index (χ2v) is 6.17. The van der Waals surface area contributed by atoms with E-state index in [9.17, 15) is 9.59 Å². The van der Waals surface area contributed by atoms with E-state index >= 15 is 0 Å². The Labute approximate surface area is 138 Å². The Morgan fingerprint density at radius 3 is 2.73 bits per heavy atom. The molecule has 0 aliphatic heterocycles. The van der Waals surface area contributed by atoms with Gasteiger partial charge in [0, 0.05) is 11.1 Å². The molecule has 0 bridgehead atoms. The minimum absolute atomic E-state index is 0.316. The molecule has 1 aromatic rings. The van der Waals surface area contributed by atoms with Crippen molar-refractivity contribution in [1.29, 1.82) is 0 Å². The zero-order chi connectivity index (χ0) is 16.3. The van der Waals surface area contributed by atoms with Gasteiger partial charge in [0.15, 0.2) is 6.10 Å². The second-order valence-electron chi connectivity index (χ2n) is 5.33. The number of carbonyl (C=O) groups is 2. The molecular formula is C15H17Cl2NO4. The van der Waals surface area contributed by atoms with Crippen LogP contribution in [-0.2, 0) is 9.59 Å². The first kappa shape index (κ1) is 16.9. The predicted octanol–water partition coefficient (Wildman–Crippen LogP) is 3.13. The van der Waals surface area contributed by atoms with E-state index in [1.807, 2.05) is 0 Å². The van der Waals surface area contributed by atoms with Crippen molar-refractivity contribution in [3.05, 3.63) is 28.2 Å². The van der Waals surface area contributed by atoms with Crippen molar-refractivity contribution in [2.24, 2.45) is 5.92 Å². The molecule has 7 heteroatoms. The van der Waals surface area contributed by atoms with Crippen LogP contribution in [-0.4, -0.2) is 29.1 Å². The van der Waals surface area contributed by atoms with Crippen LogP contribution in [0.2, 0.25) is 10.0 Å². The average molecular weight is 346 g/mol. The Morgan fingerprint density at radius 1 is 1.36 bits per heavy atom. The molecule has 22 heavy (non-hydrogen) atoms. The highest BCUT2D eigenvalue weighted by molar-refractivity contribution is 6.35. The summed E-state index contributed by atoms with van der Waals surface area (Å²) in [6.07, 6.45) is 1.25. The summed E-state index contributed by atoms with van der Waals surface area (Å²) in [5.74, 6) is -1.41.